The molecule has 0 fully saturated rings. The second-order valence-electron chi connectivity index (χ2n) is 6.32. The fourth-order valence-electron chi connectivity index (χ4n) is 2.78. The van der Waals surface area contributed by atoms with Gasteiger partial charge in [-0.3, -0.25) is 4.79 Å². The first-order chi connectivity index (χ1) is 12.4. The summed E-state index contributed by atoms with van der Waals surface area (Å²) in [6.07, 6.45) is 3.23. The van der Waals surface area contributed by atoms with Gasteiger partial charge in [-0.05, 0) is 38.7 Å². The molecule has 1 unspecified atom stereocenters. The summed E-state index contributed by atoms with van der Waals surface area (Å²) >= 11 is 12.2. The Labute approximate surface area is 161 Å². The molecule has 6 nitrogen and oxygen atoms in total. The fourth-order valence-corrected chi connectivity index (χ4v) is 3.08. The number of fused-ring (bicyclic) bond motifs is 1. The van der Waals surface area contributed by atoms with Crippen LogP contribution < -0.4 is 5.32 Å². The van der Waals surface area contributed by atoms with E-state index in [1.807, 2.05) is 32.0 Å². The highest BCUT2D eigenvalue weighted by Gasteiger charge is 2.20. The van der Waals surface area contributed by atoms with E-state index in [9.17, 15) is 4.79 Å². The first-order valence-electron chi connectivity index (χ1n) is 8.06. The van der Waals surface area contributed by atoms with E-state index >= 15 is 0 Å². The second kappa shape index (κ2) is 7.61. The van der Waals surface area contributed by atoms with Gasteiger partial charge in [0.2, 0.25) is 0 Å². The molecule has 0 saturated heterocycles. The average molecular weight is 392 g/mol. The molecule has 0 aliphatic rings. The van der Waals surface area contributed by atoms with Crippen LogP contribution in [0.3, 0.4) is 0 Å². The second-order valence-corrected chi connectivity index (χ2v) is 7.13. The van der Waals surface area contributed by atoms with Crippen LogP contribution in [0.15, 0.2) is 36.7 Å². The molecule has 2 aromatic heterocycles. The summed E-state index contributed by atoms with van der Waals surface area (Å²) < 4.78 is 1.65. The van der Waals surface area contributed by atoms with Crippen molar-refractivity contribution in [2.45, 2.75) is 13.0 Å². The maximum atomic E-state index is 12.9. The number of aromatic nitrogens is 3. The number of nitrogens with zero attached hydrogens (tertiary/aromatic N) is 4. The van der Waals surface area contributed by atoms with Crippen molar-refractivity contribution in [3.63, 3.8) is 0 Å². The lowest BCUT2D eigenvalue weighted by Gasteiger charge is -2.23. The van der Waals surface area contributed by atoms with Gasteiger partial charge in [-0.2, -0.15) is 5.10 Å². The Balaban J connectivity index is 1.91. The maximum absolute atomic E-state index is 12.9. The van der Waals surface area contributed by atoms with Gasteiger partial charge in [0.15, 0.2) is 5.65 Å². The van der Waals surface area contributed by atoms with E-state index in [0.717, 1.165) is 11.3 Å². The number of halogens is 2. The van der Waals surface area contributed by atoms with Gasteiger partial charge in [0.25, 0.3) is 5.91 Å². The molecule has 3 aromatic rings. The zero-order valence-corrected chi connectivity index (χ0v) is 16.2. The lowest BCUT2D eigenvalue weighted by molar-refractivity contribution is 0.0928. The molecule has 8 heteroatoms. The van der Waals surface area contributed by atoms with Gasteiger partial charge >= 0.3 is 0 Å². The molecule has 0 saturated carbocycles. The van der Waals surface area contributed by atoms with E-state index in [2.05, 4.69) is 15.4 Å². The lowest BCUT2D eigenvalue weighted by Crippen LogP contribution is -2.36. The Hall–Kier alpha value is -2.15. The summed E-state index contributed by atoms with van der Waals surface area (Å²) in [5.74, 6) is -0.217. The van der Waals surface area contributed by atoms with E-state index in [1.54, 1.807) is 35.1 Å². The topological polar surface area (TPSA) is 62.5 Å². The molecular weight excluding hydrogens is 373 g/mol. The third-order valence-electron chi connectivity index (χ3n) is 4.10. The van der Waals surface area contributed by atoms with Crippen molar-refractivity contribution < 1.29 is 4.79 Å². The van der Waals surface area contributed by atoms with Gasteiger partial charge < -0.3 is 10.2 Å². The smallest absolute Gasteiger partial charge is 0.255 e. The number of likely N-dealkylation sites (N-methyl/N-ethyl adjacent to an activating group) is 1. The predicted molar refractivity (Wildman–Crippen MR) is 103 cm³/mol. The molecule has 1 amide bonds. The lowest BCUT2D eigenvalue weighted by atomic mass is 10.1. The Morgan fingerprint density at radius 1 is 1.27 bits per heavy atom. The van der Waals surface area contributed by atoms with Gasteiger partial charge in [0, 0.05) is 18.8 Å². The predicted octanol–water partition coefficient (Wildman–Crippen LogP) is 3.38. The standard InChI is InChI=1S/C18H19Cl2N5O/c1-11-13(9-21-17-6-7-22-25(11)17)18(26)23-16(10-24(2)3)12-4-5-14(19)15(20)8-12/h4-9,16H,10H2,1-3H3,(H,23,26). The average Bonchev–Trinajstić information content (AvgIpc) is 3.06. The number of rotatable bonds is 5. The van der Waals surface area contributed by atoms with Crippen molar-refractivity contribution in [1.82, 2.24) is 24.8 Å². The zero-order valence-electron chi connectivity index (χ0n) is 14.7. The van der Waals surface area contributed by atoms with Crippen LogP contribution in [0.1, 0.15) is 27.7 Å². The van der Waals surface area contributed by atoms with Gasteiger partial charge in [0.1, 0.15) is 0 Å². The number of hydrogen-bond donors (Lipinski definition) is 1. The minimum absolute atomic E-state index is 0.217. The van der Waals surface area contributed by atoms with Crippen LogP contribution in [0.5, 0.6) is 0 Å². The van der Waals surface area contributed by atoms with Crippen LogP contribution in [-0.2, 0) is 0 Å². The summed E-state index contributed by atoms with van der Waals surface area (Å²) in [5, 5.41) is 8.20. The van der Waals surface area contributed by atoms with Crippen molar-refractivity contribution in [2.75, 3.05) is 20.6 Å². The zero-order chi connectivity index (χ0) is 18.8. The maximum Gasteiger partial charge on any atom is 0.255 e. The molecule has 0 radical (unpaired) electrons. The van der Waals surface area contributed by atoms with E-state index in [-0.39, 0.29) is 11.9 Å². The largest absolute Gasteiger partial charge is 0.344 e. The molecule has 26 heavy (non-hydrogen) atoms. The van der Waals surface area contributed by atoms with Crippen molar-refractivity contribution in [2.24, 2.45) is 0 Å². The molecule has 2 heterocycles. The number of amides is 1. The molecule has 3 rings (SSSR count). The molecule has 0 spiro atoms. The quantitative estimate of drug-likeness (QED) is 0.723. The summed E-state index contributed by atoms with van der Waals surface area (Å²) in [6, 6.07) is 6.92. The highest BCUT2D eigenvalue weighted by molar-refractivity contribution is 6.42. The van der Waals surface area contributed by atoms with Crippen molar-refractivity contribution in [3.8, 4) is 0 Å². The van der Waals surface area contributed by atoms with E-state index < -0.39 is 0 Å². The number of aryl methyl sites for hydroxylation is 1. The van der Waals surface area contributed by atoms with Crippen molar-refractivity contribution in [1.29, 1.82) is 0 Å². The van der Waals surface area contributed by atoms with Crippen LogP contribution in [0.4, 0.5) is 0 Å². The minimum atomic E-state index is -0.250. The summed E-state index contributed by atoms with van der Waals surface area (Å²) in [5.41, 5.74) is 2.79. The number of carbonyl (C=O) groups excluding carboxylic acids is 1. The molecule has 1 aromatic carbocycles. The van der Waals surface area contributed by atoms with Crippen LogP contribution in [0.25, 0.3) is 5.65 Å². The van der Waals surface area contributed by atoms with Gasteiger partial charge in [-0.15, -0.1) is 0 Å². The van der Waals surface area contributed by atoms with Crippen LogP contribution in [0, 0.1) is 6.92 Å². The van der Waals surface area contributed by atoms with E-state index in [1.165, 1.54) is 0 Å². The Morgan fingerprint density at radius 2 is 2.04 bits per heavy atom. The van der Waals surface area contributed by atoms with Gasteiger partial charge in [-0.1, -0.05) is 29.3 Å². The van der Waals surface area contributed by atoms with Gasteiger partial charge in [0.05, 0.1) is 33.5 Å². The van der Waals surface area contributed by atoms with E-state index in [4.69, 9.17) is 23.2 Å². The molecule has 1 atom stereocenters. The molecule has 0 aliphatic heterocycles. The van der Waals surface area contributed by atoms with E-state index in [0.29, 0.717) is 27.8 Å². The van der Waals surface area contributed by atoms with Crippen LogP contribution in [0.2, 0.25) is 10.0 Å². The monoisotopic (exact) mass is 391 g/mol. The highest BCUT2D eigenvalue weighted by atomic mass is 35.5. The Kier molecular flexibility index (Phi) is 5.46. The normalized spacial score (nSPS) is 12.5. The van der Waals surface area contributed by atoms with Crippen molar-refractivity contribution >= 4 is 34.8 Å². The summed E-state index contributed by atoms with van der Waals surface area (Å²) in [4.78, 5) is 19.2. The number of nitrogens with one attached hydrogen (secondary N) is 1. The molecule has 0 aliphatic carbocycles. The molecule has 1 N–H and O–H groups in total. The number of benzene rings is 1. The Morgan fingerprint density at radius 3 is 2.73 bits per heavy atom. The van der Waals surface area contributed by atoms with Crippen LogP contribution in [-0.4, -0.2) is 46.0 Å². The fraction of sp³-hybridized carbons (Fsp3) is 0.278. The SMILES string of the molecule is Cc1c(C(=O)NC(CN(C)C)c2ccc(Cl)c(Cl)c2)cnc2ccnn12. The molecule has 136 valence electrons. The van der Waals surface area contributed by atoms with Gasteiger partial charge in [-0.25, -0.2) is 9.50 Å². The molecule has 0 bridgehead atoms. The number of hydrogen-bond acceptors (Lipinski definition) is 4. The first kappa shape index (κ1) is 18.6. The summed E-state index contributed by atoms with van der Waals surface area (Å²) in [7, 11) is 3.89. The minimum Gasteiger partial charge on any atom is -0.344 e. The number of carbonyl (C=O) groups is 1. The third-order valence-corrected chi connectivity index (χ3v) is 4.84. The summed E-state index contributed by atoms with van der Waals surface area (Å²) in [6.45, 7) is 2.46. The third kappa shape index (κ3) is 3.82. The van der Waals surface area contributed by atoms with Crippen molar-refractivity contribution in [3.05, 3.63) is 63.5 Å². The molecular formula is C18H19Cl2N5O. The van der Waals surface area contributed by atoms with Crippen LogP contribution >= 0.6 is 23.2 Å². The Bertz CT molecular complexity index is 954. The first-order valence-corrected chi connectivity index (χ1v) is 8.82. The highest BCUT2D eigenvalue weighted by Crippen LogP contribution is 2.26.